The number of aromatic nitrogens is 1. The normalized spacial score (nSPS) is 24.1. The van der Waals surface area contributed by atoms with E-state index in [0.717, 1.165) is 0 Å². The van der Waals surface area contributed by atoms with Gasteiger partial charge < -0.3 is 19.3 Å². The van der Waals surface area contributed by atoms with Crippen LogP contribution in [-0.2, 0) is 19.5 Å². The Hall–Kier alpha value is -2.01. The van der Waals surface area contributed by atoms with Gasteiger partial charge in [-0.3, -0.25) is 0 Å². The molecule has 2 aromatic rings. The highest BCUT2D eigenvalue weighted by atomic mass is 32.2. The van der Waals surface area contributed by atoms with E-state index in [1.807, 2.05) is 0 Å². The van der Waals surface area contributed by atoms with Gasteiger partial charge in [0, 0.05) is 18.8 Å². The molecule has 4 rings (SSSR count). The van der Waals surface area contributed by atoms with E-state index >= 15 is 0 Å². The zero-order valence-corrected chi connectivity index (χ0v) is 16.4. The molecule has 2 saturated heterocycles. The summed E-state index contributed by atoms with van der Waals surface area (Å²) in [4.78, 5) is 0.106. The van der Waals surface area contributed by atoms with Crippen molar-refractivity contribution in [1.29, 1.82) is 0 Å². The Morgan fingerprint density at radius 2 is 1.86 bits per heavy atom. The number of halogens is 1. The first-order valence-corrected chi connectivity index (χ1v) is 10.5. The SMILES string of the molecule is Cc1noc(C)c1S(=O)(=O)N1C[C@@H]2OCC(Nc3cccc(F)c3)CO[C@H]2C1. The largest absolute Gasteiger partial charge is 0.378 e. The number of nitrogens with one attached hydrogen (secondary N) is 1. The van der Waals surface area contributed by atoms with Crippen molar-refractivity contribution in [3.63, 3.8) is 0 Å². The summed E-state index contributed by atoms with van der Waals surface area (Å²) in [7, 11) is -3.73. The Balaban J connectivity index is 1.42. The molecule has 0 amide bonds. The first-order valence-electron chi connectivity index (χ1n) is 9.03. The fourth-order valence-corrected chi connectivity index (χ4v) is 5.38. The topological polar surface area (TPSA) is 93.9 Å². The van der Waals surface area contributed by atoms with Crippen molar-refractivity contribution in [3.05, 3.63) is 41.5 Å². The van der Waals surface area contributed by atoms with Crippen molar-refractivity contribution in [2.45, 2.75) is 37.0 Å². The van der Waals surface area contributed by atoms with E-state index in [4.69, 9.17) is 14.0 Å². The summed E-state index contributed by atoms with van der Waals surface area (Å²) in [5, 5.41) is 6.92. The fraction of sp³-hybridized carbons (Fsp3) is 0.500. The highest BCUT2D eigenvalue weighted by Crippen LogP contribution is 2.29. The van der Waals surface area contributed by atoms with Crippen LogP contribution in [0.4, 0.5) is 10.1 Å². The number of rotatable bonds is 4. The van der Waals surface area contributed by atoms with Crippen molar-refractivity contribution < 1.29 is 26.8 Å². The number of nitrogens with zero attached hydrogens (tertiary/aromatic N) is 2. The molecule has 2 aliphatic heterocycles. The average molecular weight is 411 g/mol. The van der Waals surface area contributed by atoms with Crippen LogP contribution in [0, 0.1) is 19.7 Å². The second kappa shape index (κ2) is 7.43. The van der Waals surface area contributed by atoms with E-state index in [9.17, 15) is 12.8 Å². The Morgan fingerprint density at radius 1 is 1.18 bits per heavy atom. The lowest BCUT2D eigenvalue weighted by atomic mass is 10.2. The minimum absolute atomic E-state index is 0.106. The van der Waals surface area contributed by atoms with E-state index in [1.54, 1.807) is 26.0 Å². The van der Waals surface area contributed by atoms with E-state index in [2.05, 4.69) is 10.5 Å². The van der Waals surface area contributed by atoms with Gasteiger partial charge in [0.1, 0.15) is 16.4 Å². The summed E-state index contributed by atoms with van der Waals surface area (Å²) >= 11 is 0. The van der Waals surface area contributed by atoms with Crippen molar-refractivity contribution in [3.8, 4) is 0 Å². The Morgan fingerprint density at radius 3 is 2.43 bits per heavy atom. The van der Waals surface area contributed by atoms with Gasteiger partial charge in [0.2, 0.25) is 10.0 Å². The van der Waals surface area contributed by atoms with Gasteiger partial charge in [-0.05, 0) is 32.0 Å². The molecule has 3 heterocycles. The van der Waals surface area contributed by atoms with Gasteiger partial charge in [-0.15, -0.1) is 0 Å². The third kappa shape index (κ3) is 3.64. The summed E-state index contributed by atoms with van der Waals surface area (Å²) < 4.78 is 57.5. The van der Waals surface area contributed by atoms with Crippen LogP contribution in [0.25, 0.3) is 0 Å². The maximum atomic E-state index is 13.3. The van der Waals surface area contributed by atoms with Gasteiger partial charge in [-0.25, -0.2) is 12.8 Å². The van der Waals surface area contributed by atoms with Crippen molar-refractivity contribution in [1.82, 2.24) is 9.46 Å². The van der Waals surface area contributed by atoms with Crippen molar-refractivity contribution >= 4 is 15.7 Å². The summed E-state index contributed by atoms with van der Waals surface area (Å²) in [5.74, 6) is -0.0525. The van der Waals surface area contributed by atoms with E-state index in [0.29, 0.717) is 24.6 Å². The Bertz CT molecular complexity index is 928. The van der Waals surface area contributed by atoms with Gasteiger partial charge in [-0.1, -0.05) is 11.2 Å². The number of benzene rings is 1. The molecule has 2 aliphatic rings. The highest BCUT2D eigenvalue weighted by Gasteiger charge is 2.44. The summed E-state index contributed by atoms with van der Waals surface area (Å²) in [6.07, 6.45) is -0.732. The van der Waals surface area contributed by atoms with Crippen molar-refractivity contribution in [2.24, 2.45) is 0 Å². The van der Waals surface area contributed by atoms with Crippen LogP contribution in [0.15, 0.2) is 33.7 Å². The molecule has 0 bridgehead atoms. The molecule has 152 valence electrons. The molecule has 0 radical (unpaired) electrons. The molecule has 0 saturated carbocycles. The molecule has 10 heteroatoms. The van der Waals surface area contributed by atoms with Crippen LogP contribution in [0.2, 0.25) is 0 Å². The van der Waals surface area contributed by atoms with Gasteiger partial charge >= 0.3 is 0 Å². The van der Waals surface area contributed by atoms with E-state index < -0.39 is 10.0 Å². The van der Waals surface area contributed by atoms with Gasteiger partial charge in [0.15, 0.2) is 5.76 Å². The predicted octanol–water partition coefficient (Wildman–Crippen LogP) is 1.70. The molecule has 2 fully saturated rings. The monoisotopic (exact) mass is 411 g/mol. The van der Waals surface area contributed by atoms with Crippen LogP contribution in [-0.4, -0.2) is 62.4 Å². The molecule has 0 unspecified atom stereocenters. The second-order valence-corrected chi connectivity index (χ2v) is 8.95. The predicted molar refractivity (Wildman–Crippen MR) is 98.0 cm³/mol. The quantitative estimate of drug-likeness (QED) is 0.818. The number of hydrogen-bond donors (Lipinski definition) is 1. The molecule has 1 aromatic carbocycles. The van der Waals surface area contributed by atoms with Gasteiger partial charge in [0.25, 0.3) is 0 Å². The van der Waals surface area contributed by atoms with E-state index in [1.165, 1.54) is 16.4 Å². The number of sulfonamides is 1. The third-order valence-electron chi connectivity index (χ3n) is 4.97. The van der Waals surface area contributed by atoms with Crippen LogP contribution in [0.5, 0.6) is 0 Å². The fourth-order valence-electron chi connectivity index (χ4n) is 3.62. The molecule has 1 N–H and O–H groups in total. The first-order chi connectivity index (χ1) is 13.3. The maximum Gasteiger partial charge on any atom is 0.248 e. The standard InChI is InChI=1S/C18H22FN3O5S/c1-11-18(12(2)27-21-11)28(23,24)22-7-16-17(8-22)26-10-15(9-25-16)20-14-5-3-4-13(19)6-14/h3-6,15-17,20H,7-10H2,1-2H3/t16-,17-/m0/s1. The summed E-state index contributed by atoms with van der Waals surface area (Å²) in [6.45, 7) is 4.24. The first kappa shape index (κ1) is 19.3. The average Bonchev–Trinajstić information content (AvgIpc) is 3.16. The smallest absolute Gasteiger partial charge is 0.248 e. The number of ether oxygens (including phenoxy) is 2. The summed E-state index contributed by atoms with van der Waals surface area (Å²) in [5.41, 5.74) is 0.984. The number of aryl methyl sites for hydroxylation is 2. The minimum Gasteiger partial charge on any atom is -0.378 e. The lowest BCUT2D eigenvalue weighted by molar-refractivity contribution is -0.00461. The molecule has 2 atom stereocenters. The van der Waals surface area contributed by atoms with Gasteiger partial charge in [0.05, 0.1) is 31.5 Å². The maximum absolute atomic E-state index is 13.3. The highest BCUT2D eigenvalue weighted by molar-refractivity contribution is 7.89. The molecular weight excluding hydrogens is 389 g/mol. The third-order valence-corrected chi connectivity index (χ3v) is 7.04. The second-order valence-electron chi connectivity index (χ2n) is 7.07. The van der Waals surface area contributed by atoms with Crippen LogP contribution >= 0.6 is 0 Å². The van der Waals surface area contributed by atoms with Crippen LogP contribution < -0.4 is 5.32 Å². The zero-order chi connectivity index (χ0) is 19.9. The molecular formula is C18H22FN3O5S. The number of fused-ring (bicyclic) bond motifs is 1. The lowest BCUT2D eigenvalue weighted by Crippen LogP contribution is -2.34. The molecule has 0 spiro atoms. The number of hydrogen-bond acceptors (Lipinski definition) is 7. The summed E-state index contributed by atoms with van der Waals surface area (Å²) in [6, 6.07) is 6.03. The molecule has 0 aliphatic carbocycles. The molecule has 28 heavy (non-hydrogen) atoms. The van der Waals surface area contributed by atoms with Crippen LogP contribution in [0.1, 0.15) is 11.5 Å². The molecule has 8 nitrogen and oxygen atoms in total. The Labute approximate surface area is 162 Å². The van der Waals surface area contributed by atoms with E-state index in [-0.39, 0.29) is 47.8 Å². The minimum atomic E-state index is -3.73. The van der Waals surface area contributed by atoms with Crippen LogP contribution in [0.3, 0.4) is 0 Å². The number of anilines is 1. The lowest BCUT2D eigenvalue weighted by Gasteiger charge is -2.20. The molecule has 1 aromatic heterocycles. The Kier molecular flexibility index (Phi) is 5.13. The zero-order valence-electron chi connectivity index (χ0n) is 15.6. The van der Waals surface area contributed by atoms with Crippen molar-refractivity contribution in [2.75, 3.05) is 31.6 Å². The van der Waals surface area contributed by atoms with Gasteiger partial charge in [-0.2, -0.15) is 4.31 Å².